The Morgan fingerprint density at radius 2 is 2.06 bits per heavy atom. The van der Waals surface area contributed by atoms with Gasteiger partial charge in [-0.25, -0.2) is 9.97 Å². The summed E-state index contributed by atoms with van der Waals surface area (Å²) in [5.74, 6) is -0.153. The number of carbonyl (C=O) groups excluding carboxylic acids is 1. The van der Waals surface area contributed by atoms with Gasteiger partial charge in [-0.3, -0.25) is 4.79 Å². The molecule has 1 amide bonds. The van der Waals surface area contributed by atoms with E-state index in [4.69, 9.17) is 9.26 Å². The Kier molecular flexibility index (Phi) is 5.55. The van der Waals surface area contributed by atoms with E-state index in [9.17, 15) is 18.0 Å². The Morgan fingerprint density at radius 1 is 1.32 bits per heavy atom. The highest BCUT2D eigenvalue weighted by molar-refractivity contribution is 5.96. The van der Waals surface area contributed by atoms with Crippen LogP contribution < -0.4 is 4.74 Å². The number of hydrogen-bond acceptors (Lipinski definition) is 6. The van der Waals surface area contributed by atoms with Crippen molar-refractivity contribution in [3.63, 3.8) is 0 Å². The van der Waals surface area contributed by atoms with E-state index in [1.54, 1.807) is 23.2 Å². The van der Waals surface area contributed by atoms with Gasteiger partial charge in [-0.1, -0.05) is 5.16 Å². The summed E-state index contributed by atoms with van der Waals surface area (Å²) in [4.78, 5) is 23.0. The van der Waals surface area contributed by atoms with Crippen LogP contribution in [0.2, 0.25) is 0 Å². The molecule has 164 valence electrons. The van der Waals surface area contributed by atoms with Gasteiger partial charge in [0.2, 0.25) is 5.88 Å². The van der Waals surface area contributed by atoms with Gasteiger partial charge in [-0.2, -0.15) is 13.2 Å². The quantitative estimate of drug-likeness (QED) is 0.607. The molecule has 1 saturated heterocycles. The molecule has 1 fully saturated rings. The van der Waals surface area contributed by atoms with Crippen molar-refractivity contribution in [2.75, 3.05) is 19.7 Å². The van der Waals surface area contributed by atoms with Gasteiger partial charge < -0.3 is 14.2 Å². The molecule has 0 bridgehead atoms. The first-order valence-electron chi connectivity index (χ1n) is 10.0. The molecular formula is C21H21F3N4O3. The lowest BCUT2D eigenvalue weighted by Crippen LogP contribution is -2.38. The molecule has 1 aliphatic heterocycles. The van der Waals surface area contributed by atoms with E-state index < -0.39 is 11.7 Å². The number of rotatable bonds is 4. The molecule has 4 rings (SSSR count). The number of piperidine rings is 1. The molecule has 7 nitrogen and oxygen atoms in total. The third kappa shape index (κ3) is 4.06. The van der Waals surface area contributed by atoms with Crippen molar-refractivity contribution >= 4 is 17.0 Å². The van der Waals surface area contributed by atoms with Crippen molar-refractivity contribution in [3.8, 4) is 5.88 Å². The third-order valence-electron chi connectivity index (χ3n) is 5.43. The zero-order chi connectivity index (χ0) is 22.2. The van der Waals surface area contributed by atoms with Gasteiger partial charge in [0.05, 0.1) is 23.3 Å². The summed E-state index contributed by atoms with van der Waals surface area (Å²) in [7, 11) is 0. The van der Waals surface area contributed by atoms with E-state index in [1.165, 1.54) is 6.92 Å². The van der Waals surface area contributed by atoms with Gasteiger partial charge in [0.25, 0.3) is 11.6 Å². The van der Waals surface area contributed by atoms with Crippen molar-refractivity contribution < 1.29 is 27.2 Å². The summed E-state index contributed by atoms with van der Waals surface area (Å²) >= 11 is 0. The van der Waals surface area contributed by atoms with Crippen LogP contribution in [-0.4, -0.2) is 45.6 Å². The number of hydrogen-bond donors (Lipinski definition) is 0. The number of aryl methyl sites for hydroxylation is 1. The molecule has 0 radical (unpaired) electrons. The Morgan fingerprint density at radius 3 is 2.74 bits per heavy atom. The summed E-state index contributed by atoms with van der Waals surface area (Å²) < 4.78 is 51.3. The molecule has 3 aromatic rings. The van der Waals surface area contributed by atoms with E-state index in [-0.39, 0.29) is 34.5 Å². The summed E-state index contributed by atoms with van der Waals surface area (Å²) in [6, 6.07) is 4.41. The molecule has 0 spiro atoms. The second-order valence-corrected chi connectivity index (χ2v) is 7.40. The van der Waals surface area contributed by atoms with Gasteiger partial charge in [0.15, 0.2) is 0 Å². The lowest BCUT2D eigenvalue weighted by molar-refractivity contribution is -0.136. The number of carbonyl (C=O) groups is 1. The van der Waals surface area contributed by atoms with Crippen molar-refractivity contribution in [2.45, 2.75) is 38.8 Å². The van der Waals surface area contributed by atoms with Crippen molar-refractivity contribution in [1.82, 2.24) is 20.0 Å². The number of likely N-dealkylation sites (tertiary alicyclic amines) is 1. The van der Waals surface area contributed by atoms with E-state index in [0.717, 1.165) is 6.07 Å². The Labute approximate surface area is 176 Å². The van der Waals surface area contributed by atoms with Crippen molar-refractivity contribution in [3.05, 3.63) is 46.9 Å². The maximum atomic E-state index is 13.6. The van der Waals surface area contributed by atoms with Crippen LogP contribution in [0.4, 0.5) is 13.2 Å². The first kappa shape index (κ1) is 21.1. The number of pyridine rings is 2. The average Bonchev–Trinajstić information content (AvgIpc) is 3.13. The molecule has 0 aliphatic carbocycles. The van der Waals surface area contributed by atoms with Gasteiger partial charge in [-0.15, -0.1) is 0 Å². The van der Waals surface area contributed by atoms with Crippen molar-refractivity contribution in [2.24, 2.45) is 0 Å². The van der Waals surface area contributed by atoms with Crippen LogP contribution >= 0.6 is 0 Å². The number of halogens is 3. The molecule has 0 N–H and O–H groups in total. The van der Waals surface area contributed by atoms with E-state index >= 15 is 0 Å². The normalized spacial score (nSPS) is 15.5. The largest absolute Gasteiger partial charge is 0.477 e. The molecule has 0 unspecified atom stereocenters. The third-order valence-corrected chi connectivity index (χ3v) is 5.43. The van der Waals surface area contributed by atoms with E-state index in [1.807, 2.05) is 6.92 Å². The fourth-order valence-electron chi connectivity index (χ4n) is 3.90. The van der Waals surface area contributed by atoms with Crippen LogP contribution in [0.1, 0.15) is 53.0 Å². The predicted molar refractivity (Wildman–Crippen MR) is 105 cm³/mol. The van der Waals surface area contributed by atoms with E-state index in [2.05, 4.69) is 15.1 Å². The predicted octanol–water partition coefficient (Wildman–Crippen LogP) is 4.36. The molecule has 0 atom stereocenters. The van der Waals surface area contributed by atoms with Crippen LogP contribution in [0.5, 0.6) is 5.88 Å². The fraction of sp³-hybridized carbons (Fsp3) is 0.429. The monoisotopic (exact) mass is 434 g/mol. The highest BCUT2D eigenvalue weighted by Gasteiger charge is 2.37. The summed E-state index contributed by atoms with van der Waals surface area (Å²) in [5, 5.41) is 3.53. The Bertz CT molecular complexity index is 1100. The van der Waals surface area contributed by atoms with Crippen molar-refractivity contribution in [1.29, 1.82) is 0 Å². The number of amides is 1. The molecule has 10 heteroatoms. The van der Waals surface area contributed by atoms with Gasteiger partial charge in [0, 0.05) is 30.9 Å². The van der Waals surface area contributed by atoms with Gasteiger partial charge in [0.1, 0.15) is 5.56 Å². The summed E-state index contributed by atoms with van der Waals surface area (Å²) in [5.41, 5.74) is -0.0688. The van der Waals surface area contributed by atoms with Crippen LogP contribution in [-0.2, 0) is 6.18 Å². The minimum Gasteiger partial charge on any atom is -0.477 e. The molecule has 31 heavy (non-hydrogen) atoms. The maximum Gasteiger partial charge on any atom is 0.417 e. The van der Waals surface area contributed by atoms with Crippen LogP contribution in [0.15, 0.2) is 28.9 Å². The lowest BCUT2D eigenvalue weighted by atomic mass is 9.91. The first-order valence-corrected chi connectivity index (χ1v) is 10.0. The second kappa shape index (κ2) is 8.16. The molecule has 0 aromatic carbocycles. The summed E-state index contributed by atoms with van der Waals surface area (Å²) in [6.07, 6.45) is -2.02. The minimum absolute atomic E-state index is 0.108. The summed E-state index contributed by atoms with van der Waals surface area (Å²) in [6.45, 7) is 4.43. The van der Waals surface area contributed by atoms with Gasteiger partial charge in [-0.05, 0) is 44.9 Å². The molecule has 4 heterocycles. The molecular weight excluding hydrogens is 413 g/mol. The minimum atomic E-state index is -4.54. The number of nitrogens with zero attached hydrogens (tertiary/aromatic N) is 4. The number of aromatic nitrogens is 3. The highest BCUT2D eigenvalue weighted by atomic mass is 19.4. The van der Waals surface area contributed by atoms with Crippen LogP contribution in [0, 0.1) is 6.92 Å². The molecule has 1 aliphatic rings. The lowest BCUT2D eigenvalue weighted by Gasteiger charge is -2.32. The Balaban J connectivity index is 1.54. The van der Waals surface area contributed by atoms with E-state index in [0.29, 0.717) is 43.8 Å². The standard InChI is InChI=1S/C21H21F3N4O3/c1-3-30-18-14(5-4-8-25-18)20(29)28-9-6-13(7-10-28)16-11-15(21(22,23)24)17-12(2)27-31-19(17)26-16/h4-5,8,11,13H,3,6-7,9-10H2,1-2H3. The van der Waals surface area contributed by atoms with Crippen LogP contribution in [0.25, 0.3) is 11.1 Å². The second-order valence-electron chi connectivity index (χ2n) is 7.40. The average molecular weight is 434 g/mol. The topological polar surface area (TPSA) is 81.4 Å². The fourth-order valence-corrected chi connectivity index (χ4v) is 3.90. The SMILES string of the molecule is CCOc1ncccc1C(=O)N1CCC(c2cc(C(F)(F)F)c3c(C)noc3n2)CC1. The number of ether oxygens (including phenoxy) is 1. The zero-order valence-corrected chi connectivity index (χ0v) is 17.1. The maximum absolute atomic E-state index is 13.6. The molecule has 3 aromatic heterocycles. The zero-order valence-electron chi connectivity index (χ0n) is 17.1. The number of alkyl halides is 3. The number of fused-ring (bicyclic) bond motifs is 1. The molecule has 0 saturated carbocycles. The first-order chi connectivity index (χ1) is 14.8. The Hall–Kier alpha value is -3.17. The van der Waals surface area contributed by atoms with Gasteiger partial charge >= 0.3 is 6.18 Å². The smallest absolute Gasteiger partial charge is 0.417 e. The van der Waals surface area contributed by atoms with Crippen LogP contribution in [0.3, 0.4) is 0 Å². The highest BCUT2D eigenvalue weighted by Crippen LogP contribution is 2.39.